The van der Waals surface area contributed by atoms with Crippen LogP contribution in [0, 0.1) is 5.92 Å². The Hall–Kier alpha value is -3.03. The van der Waals surface area contributed by atoms with Gasteiger partial charge in [-0.3, -0.25) is 4.79 Å². The summed E-state index contributed by atoms with van der Waals surface area (Å²) in [5.41, 5.74) is 2.38. The minimum atomic E-state index is -0.0946. The number of halogens is 2. The highest BCUT2D eigenvalue weighted by Gasteiger charge is 2.28. The first-order chi connectivity index (χ1) is 15.6. The van der Waals surface area contributed by atoms with E-state index in [9.17, 15) is 4.79 Å². The number of para-hydroxylation sites is 2. The van der Waals surface area contributed by atoms with E-state index < -0.39 is 0 Å². The molecule has 1 aliphatic rings. The lowest BCUT2D eigenvalue weighted by Crippen LogP contribution is -2.38. The summed E-state index contributed by atoms with van der Waals surface area (Å²) in [5, 5.41) is 8.47. The molecular weight excluding hydrogens is 449 g/mol. The molecule has 7 nitrogen and oxygen atoms in total. The van der Waals surface area contributed by atoms with Gasteiger partial charge in [-0.25, -0.2) is 4.68 Å². The molecule has 1 fully saturated rings. The third-order valence-electron chi connectivity index (χ3n) is 5.76. The maximum absolute atomic E-state index is 12.9. The van der Waals surface area contributed by atoms with E-state index in [1.54, 1.807) is 35.1 Å². The Morgan fingerprint density at radius 3 is 2.56 bits per heavy atom. The van der Waals surface area contributed by atoms with Gasteiger partial charge in [0.25, 0.3) is 6.01 Å². The Morgan fingerprint density at radius 2 is 1.81 bits per heavy atom. The standard InChI is InChI=1S/C23H21Cl2N5O2/c24-17-4-3-5-18(25)16(17)14-30-21(8-11-26-30)28-22(31)15-9-12-29(13-10-15)23-27-19-6-1-2-7-20(19)32-23/h1-8,11,15H,9-10,12-14H2,(H,28,31). The van der Waals surface area contributed by atoms with Crippen LogP contribution < -0.4 is 10.2 Å². The maximum atomic E-state index is 12.9. The summed E-state index contributed by atoms with van der Waals surface area (Å²) < 4.78 is 7.55. The molecule has 0 saturated carbocycles. The van der Waals surface area contributed by atoms with Crippen LogP contribution in [-0.2, 0) is 11.3 Å². The molecule has 1 aliphatic heterocycles. The third kappa shape index (κ3) is 4.18. The van der Waals surface area contributed by atoms with E-state index in [1.807, 2.05) is 24.3 Å². The highest BCUT2D eigenvalue weighted by atomic mass is 35.5. The molecule has 0 radical (unpaired) electrons. The predicted molar refractivity (Wildman–Crippen MR) is 125 cm³/mol. The van der Waals surface area contributed by atoms with Gasteiger partial charge in [-0.1, -0.05) is 41.4 Å². The van der Waals surface area contributed by atoms with E-state index in [2.05, 4.69) is 20.3 Å². The number of piperidine rings is 1. The number of nitrogens with zero attached hydrogens (tertiary/aromatic N) is 4. The van der Waals surface area contributed by atoms with Crippen LogP contribution in [0.5, 0.6) is 0 Å². The number of hydrogen-bond acceptors (Lipinski definition) is 5. The van der Waals surface area contributed by atoms with Gasteiger partial charge in [0, 0.05) is 40.7 Å². The van der Waals surface area contributed by atoms with E-state index >= 15 is 0 Å². The van der Waals surface area contributed by atoms with Crippen molar-refractivity contribution in [3.63, 3.8) is 0 Å². The summed E-state index contributed by atoms with van der Waals surface area (Å²) >= 11 is 12.6. The fourth-order valence-corrected chi connectivity index (χ4v) is 4.47. The van der Waals surface area contributed by atoms with Crippen LogP contribution in [0.2, 0.25) is 10.0 Å². The zero-order chi connectivity index (χ0) is 22.1. The minimum Gasteiger partial charge on any atom is -0.423 e. The molecule has 5 rings (SSSR count). The molecule has 4 aromatic rings. The van der Waals surface area contributed by atoms with Crippen molar-refractivity contribution in [1.29, 1.82) is 0 Å². The average molecular weight is 470 g/mol. The maximum Gasteiger partial charge on any atom is 0.298 e. The Morgan fingerprint density at radius 1 is 1.06 bits per heavy atom. The zero-order valence-electron chi connectivity index (χ0n) is 17.2. The number of hydrogen-bond donors (Lipinski definition) is 1. The summed E-state index contributed by atoms with van der Waals surface area (Å²) in [6.07, 6.45) is 3.08. The molecule has 1 amide bonds. The van der Waals surface area contributed by atoms with E-state index in [-0.39, 0.29) is 11.8 Å². The second kappa shape index (κ2) is 8.84. The second-order valence-corrected chi connectivity index (χ2v) is 8.60. The highest BCUT2D eigenvalue weighted by Crippen LogP contribution is 2.28. The summed E-state index contributed by atoms with van der Waals surface area (Å²) in [4.78, 5) is 19.6. The number of oxazole rings is 1. The van der Waals surface area contributed by atoms with Crippen molar-refractivity contribution in [2.75, 3.05) is 23.3 Å². The Labute approximate surface area is 194 Å². The van der Waals surface area contributed by atoms with Gasteiger partial charge in [-0.15, -0.1) is 0 Å². The number of aromatic nitrogens is 3. The van der Waals surface area contributed by atoms with E-state index in [4.69, 9.17) is 27.6 Å². The molecule has 9 heteroatoms. The number of benzene rings is 2. The van der Waals surface area contributed by atoms with Crippen molar-refractivity contribution in [1.82, 2.24) is 14.8 Å². The van der Waals surface area contributed by atoms with Crippen molar-refractivity contribution < 1.29 is 9.21 Å². The fourth-order valence-electron chi connectivity index (χ4n) is 3.95. The molecule has 32 heavy (non-hydrogen) atoms. The largest absolute Gasteiger partial charge is 0.423 e. The van der Waals surface area contributed by atoms with Crippen molar-refractivity contribution in [2.45, 2.75) is 19.4 Å². The molecule has 1 N–H and O–H groups in total. The van der Waals surface area contributed by atoms with Crippen LogP contribution in [0.15, 0.2) is 59.1 Å². The minimum absolute atomic E-state index is 0.0192. The van der Waals surface area contributed by atoms with Crippen molar-refractivity contribution in [3.8, 4) is 0 Å². The number of fused-ring (bicyclic) bond motifs is 1. The van der Waals surface area contributed by atoms with Gasteiger partial charge in [0.1, 0.15) is 11.3 Å². The van der Waals surface area contributed by atoms with Crippen LogP contribution in [0.4, 0.5) is 11.8 Å². The number of nitrogens with one attached hydrogen (secondary N) is 1. The van der Waals surface area contributed by atoms with E-state index in [1.165, 1.54) is 0 Å². The van der Waals surface area contributed by atoms with Crippen molar-refractivity contribution in [3.05, 3.63) is 70.3 Å². The summed E-state index contributed by atoms with van der Waals surface area (Å²) in [5.74, 6) is 0.504. The quantitative estimate of drug-likeness (QED) is 0.432. The van der Waals surface area contributed by atoms with Crippen LogP contribution >= 0.6 is 23.2 Å². The molecule has 0 aliphatic carbocycles. The van der Waals surface area contributed by atoms with Crippen molar-refractivity contribution >= 4 is 52.0 Å². The number of rotatable bonds is 5. The highest BCUT2D eigenvalue weighted by molar-refractivity contribution is 6.36. The van der Waals surface area contributed by atoms with Crippen LogP contribution in [0.3, 0.4) is 0 Å². The number of amides is 1. The van der Waals surface area contributed by atoms with Gasteiger partial charge < -0.3 is 14.6 Å². The van der Waals surface area contributed by atoms with E-state index in [0.717, 1.165) is 29.5 Å². The van der Waals surface area contributed by atoms with Gasteiger partial charge in [0.2, 0.25) is 5.91 Å². The van der Waals surface area contributed by atoms with Gasteiger partial charge in [-0.05, 0) is 37.1 Å². The van der Waals surface area contributed by atoms with Gasteiger partial charge in [-0.2, -0.15) is 10.1 Å². The molecule has 1 saturated heterocycles. The van der Waals surface area contributed by atoms with Crippen LogP contribution in [-0.4, -0.2) is 33.8 Å². The molecule has 2 aromatic heterocycles. The predicted octanol–water partition coefficient (Wildman–Crippen LogP) is 5.23. The molecule has 164 valence electrons. The molecule has 0 unspecified atom stereocenters. The number of carbonyl (C=O) groups excluding carboxylic acids is 1. The van der Waals surface area contributed by atoms with E-state index in [0.29, 0.717) is 41.5 Å². The molecule has 0 spiro atoms. The van der Waals surface area contributed by atoms with Gasteiger partial charge in [0.05, 0.1) is 12.7 Å². The molecule has 3 heterocycles. The van der Waals surface area contributed by atoms with Gasteiger partial charge >= 0.3 is 0 Å². The lowest BCUT2D eigenvalue weighted by Gasteiger charge is -2.30. The average Bonchev–Trinajstić information content (AvgIpc) is 3.43. The number of carbonyl (C=O) groups is 1. The van der Waals surface area contributed by atoms with Crippen LogP contribution in [0.1, 0.15) is 18.4 Å². The fraction of sp³-hybridized carbons (Fsp3) is 0.261. The smallest absolute Gasteiger partial charge is 0.298 e. The lowest BCUT2D eigenvalue weighted by molar-refractivity contribution is -0.120. The first kappa shape index (κ1) is 20.8. The lowest BCUT2D eigenvalue weighted by atomic mass is 9.96. The monoisotopic (exact) mass is 469 g/mol. The third-order valence-corrected chi connectivity index (χ3v) is 6.46. The molecule has 2 aromatic carbocycles. The first-order valence-electron chi connectivity index (χ1n) is 10.4. The zero-order valence-corrected chi connectivity index (χ0v) is 18.7. The SMILES string of the molecule is O=C(Nc1ccnn1Cc1c(Cl)cccc1Cl)C1CCN(c2nc3ccccc3o2)CC1. The molecule has 0 atom stereocenters. The Balaban J connectivity index is 1.22. The number of anilines is 2. The molecular formula is C23H21Cl2N5O2. The topological polar surface area (TPSA) is 76.2 Å². The second-order valence-electron chi connectivity index (χ2n) is 7.79. The Bertz CT molecular complexity index is 1210. The van der Waals surface area contributed by atoms with Crippen molar-refractivity contribution in [2.24, 2.45) is 5.92 Å². The van der Waals surface area contributed by atoms with Crippen LogP contribution in [0.25, 0.3) is 11.1 Å². The summed E-state index contributed by atoms with van der Waals surface area (Å²) in [6.45, 7) is 1.79. The first-order valence-corrected chi connectivity index (χ1v) is 11.2. The summed E-state index contributed by atoms with van der Waals surface area (Å²) in [7, 11) is 0. The van der Waals surface area contributed by atoms with Gasteiger partial charge in [0.15, 0.2) is 5.58 Å². The summed E-state index contributed by atoms with van der Waals surface area (Å²) in [6, 6.07) is 15.5. The Kier molecular flexibility index (Phi) is 5.76. The normalized spacial score (nSPS) is 14.8. The molecule has 0 bridgehead atoms.